The fraction of sp³-hybridized carbons (Fsp3) is 0.278. The summed E-state index contributed by atoms with van der Waals surface area (Å²) in [7, 11) is 0. The lowest BCUT2D eigenvalue weighted by molar-refractivity contribution is -0.121. The van der Waals surface area contributed by atoms with Crippen LogP contribution in [0.1, 0.15) is 13.8 Å². The van der Waals surface area contributed by atoms with Crippen LogP contribution in [-0.2, 0) is 17.9 Å². The number of carbonyl (C=O) groups excluding carboxylic acids is 1. The van der Waals surface area contributed by atoms with Crippen molar-refractivity contribution < 1.29 is 4.79 Å². The second-order valence-electron chi connectivity index (χ2n) is 5.81. The third-order valence-corrected chi connectivity index (χ3v) is 4.31. The average Bonchev–Trinajstić information content (AvgIpc) is 2.66. The lowest BCUT2D eigenvalue weighted by Gasteiger charge is -2.12. The van der Waals surface area contributed by atoms with Crippen molar-refractivity contribution in [2.75, 3.05) is 6.54 Å². The van der Waals surface area contributed by atoms with Crippen LogP contribution in [0, 0.1) is 0 Å². The van der Waals surface area contributed by atoms with Crippen molar-refractivity contribution in [2.24, 2.45) is 0 Å². The summed E-state index contributed by atoms with van der Waals surface area (Å²) in [4.78, 5) is 46.0. The van der Waals surface area contributed by atoms with E-state index in [0.717, 1.165) is 4.57 Å². The highest BCUT2D eigenvalue weighted by Crippen LogP contribution is 2.19. The number of halogens is 1. The number of fused-ring (bicyclic) bond motifs is 1. The molecule has 0 spiro atoms. The van der Waals surface area contributed by atoms with Crippen molar-refractivity contribution in [3.05, 3.63) is 56.3 Å². The van der Waals surface area contributed by atoms with E-state index < -0.39 is 17.2 Å². The minimum atomic E-state index is -0.589. The molecular formula is C18H18ClN5O3. The van der Waals surface area contributed by atoms with Gasteiger partial charge in [-0.25, -0.2) is 14.8 Å². The Kier molecular flexibility index (Phi) is 5.36. The normalized spacial score (nSPS) is 10.9. The number of hydrogen-bond acceptors (Lipinski definition) is 5. The molecule has 0 saturated heterocycles. The predicted octanol–water partition coefficient (Wildman–Crippen LogP) is 1.43. The number of amides is 1. The van der Waals surface area contributed by atoms with Crippen LogP contribution in [0.5, 0.6) is 0 Å². The molecule has 0 bridgehead atoms. The van der Waals surface area contributed by atoms with Gasteiger partial charge in [-0.3, -0.25) is 18.7 Å². The highest BCUT2D eigenvalue weighted by Gasteiger charge is 2.17. The van der Waals surface area contributed by atoms with Gasteiger partial charge in [0.1, 0.15) is 11.9 Å². The Labute approximate surface area is 159 Å². The number of aromatic nitrogens is 4. The topological polar surface area (TPSA) is 98.9 Å². The van der Waals surface area contributed by atoms with Crippen molar-refractivity contribution >= 4 is 28.5 Å². The van der Waals surface area contributed by atoms with Crippen LogP contribution < -0.4 is 16.6 Å². The molecule has 0 fully saturated rings. The van der Waals surface area contributed by atoms with Gasteiger partial charge in [0.15, 0.2) is 11.5 Å². The van der Waals surface area contributed by atoms with Crippen LogP contribution >= 0.6 is 11.6 Å². The highest BCUT2D eigenvalue weighted by atomic mass is 35.5. The molecule has 9 heteroatoms. The van der Waals surface area contributed by atoms with E-state index >= 15 is 0 Å². The molecular weight excluding hydrogens is 370 g/mol. The molecule has 8 nitrogen and oxygen atoms in total. The molecule has 3 rings (SSSR count). The Morgan fingerprint density at radius 2 is 1.85 bits per heavy atom. The third-order valence-electron chi connectivity index (χ3n) is 4.06. The van der Waals surface area contributed by atoms with Crippen molar-refractivity contribution in [3.8, 4) is 11.4 Å². The summed E-state index contributed by atoms with van der Waals surface area (Å²) in [6.07, 6.45) is 1.38. The first-order chi connectivity index (χ1) is 13.0. The zero-order valence-corrected chi connectivity index (χ0v) is 15.7. The van der Waals surface area contributed by atoms with Gasteiger partial charge in [0.2, 0.25) is 5.91 Å². The molecule has 1 amide bonds. The Balaban J connectivity index is 2.20. The van der Waals surface area contributed by atoms with E-state index in [1.54, 1.807) is 38.1 Å². The SMILES string of the molecule is CCNC(=O)Cn1c(=O)c2cnc(-c3ccc(Cl)cc3)nc2n(CC)c1=O. The maximum Gasteiger partial charge on any atom is 0.333 e. The lowest BCUT2D eigenvalue weighted by atomic mass is 10.2. The lowest BCUT2D eigenvalue weighted by Crippen LogP contribution is -2.44. The molecule has 0 unspecified atom stereocenters. The molecule has 0 atom stereocenters. The van der Waals surface area contributed by atoms with Crippen LogP contribution in [0.25, 0.3) is 22.4 Å². The molecule has 0 aliphatic heterocycles. The molecule has 140 valence electrons. The van der Waals surface area contributed by atoms with Gasteiger partial charge in [-0.2, -0.15) is 0 Å². The Hall–Kier alpha value is -3.00. The molecule has 0 aliphatic carbocycles. The number of rotatable bonds is 5. The number of nitrogens with one attached hydrogen (secondary N) is 1. The summed E-state index contributed by atoms with van der Waals surface area (Å²) in [5, 5.41) is 3.34. The summed E-state index contributed by atoms with van der Waals surface area (Å²) in [5.74, 6) is -0.0287. The summed E-state index contributed by atoms with van der Waals surface area (Å²) >= 11 is 5.90. The van der Waals surface area contributed by atoms with E-state index in [2.05, 4.69) is 15.3 Å². The van der Waals surface area contributed by atoms with Gasteiger partial charge in [-0.15, -0.1) is 0 Å². The molecule has 2 heterocycles. The molecule has 1 N–H and O–H groups in total. The number of carbonyl (C=O) groups is 1. The molecule has 2 aromatic heterocycles. The largest absolute Gasteiger partial charge is 0.355 e. The predicted molar refractivity (Wildman–Crippen MR) is 103 cm³/mol. The smallest absolute Gasteiger partial charge is 0.333 e. The Bertz CT molecular complexity index is 1120. The van der Waals surface area contributed by atoms with E-state index in [-0.39, 0.29) is 17.6 Å². The van der Waals surface area contributed by atoms with Crippen molar-refractivity contribution in [2.45, 2.75) is 26.9 Å². The fourth-order valence-electron chi connectivity index (χ4n) is 2.76. The molecule has 1 aromatic carbocycles. The zero-order valence-electron chi connectivity index (χ0n) is 14.9. The molecule has 0 saturated carbocycles. The van der Waals surface area contributed by atoms with Crippen LogP contribution in [0.15, 0.2) is 40.1 Å². The first-order valence-electron chi connectivity index (χ1n) is 8.49. The maximum atomic E-state index is 12.7. The van der Waals surface area contributed by atoms with Crippen LogP contribution in [0.2, 0.25) is 5.02 Å². The molecule has 27 heavy (non-hydrogen) atoms. The average molecular weight is 388 g/mol. The number of aryl methyl sites for hydroxylation is 1. The minimum absolute atomic E-state index is 0.179. The number of likely N-dealkylation sites (N-methyl/N-ethyl adjacent to an activating group) is 1. The van der Waals surface area contributed by atoms with Gasteiger partial charge >= 0.3 is 5.69 Å². The first-order valence-corrected chi connectivity index (χ1v) is 8.87. The van der Waals surface area contributed by atoms with E-state index in [1.165, 1.54) is 10.8 Å². The van der Waals surface area contributed by atoms with Crippen LogP contribution in [0.4, 0.5) is 0 Å². The second-order valence-corrected chi connectivity index (χ2v) is 6.25. The van der Waals surface area contributed by atoms with Gasteiger partial charge in [-0.1, -0.05) is 11.6 Å². The number of benzene rings is 1. The van der Waals surface area contributed by atoms with E-state index in [0.29, 0.717) is 29.5 Å². The van der Waals surface area contributed by atoms with E-state index in [9.17, 15) is 14.4 Å². The third kappa shape index (κ3) is 3.61. The molecule has 0 aliphatic rings. The van der Waals surface area contributed by atoms with E-state index in [1.807, 2.05) is 0 Å². The number of hydrogen-bond donors (Lipinski definition) is 1. The number of nitrogens with zero attached hydrogens (tertiary/aromatic N) is 4. The van der Waals surface area contributed by atoms with Crippen LogP contribution in [0.3, 0.4) is 0 Å². The van der Waals surface area contributed by atoms with Gasteiger partial charge in [0.05, 0.1) is 0 Å². The van der Waals surface area contributed by atoms with Crippen molar-refractivity contribution in [3.63, 3.8) is 0 Å². The second kappa shape index (κ2) is 7.71. The standard InChI is InChI=1S/C18H18ClN5O3/c1-3-20-14(25)10-24-17(26)13-9-21-15(11-5-7-12(19)8-6-11)22-16(13)23(4-2)18(24)27/h5-9H,3-4,10H2,1-2H3,(H,20,25). The zero-order chi connectivity index (χ0) is 19.6. The highest BCUT2D eigenvalue weighted by molar-refractivity contribution is 6.30. The minimum Gasteiger partial charge on any atom is -0.355 e. The fourth-order valence-corrected chi connectivity index (χ4v) is 2.88. The van der Waals surface area contributed by atoms with Crippen molar-refractivity contribution in [1.82, 2.24) is 24.4 Å². The summed E-state index contributed by atoms with van der Waals surface area (Å²) in [6, 6.07) is 6.94. The molecule has 3 aromatic rings. The Morgan fingerprint density at radius 1 is 1.15 bits per heavy atom. The summed E-state index contributed by atoms with van der Waals surface area (Å²) in [5.41, 5.74) is -0.224. The van der Waals surface area contributed by atoms with Gasteiger partial charge in [0, 0.05) is 29.9 Å². The van der Waals surface area contributed by atoms with Crippen molar-refractivity contribution in [1.29, 1.82) is 0 Å². The quantitative estimate of drug-likeness (QED) is 0.714. The molecule has 0 radical (unpaired) electrons. The monoisotopic (exact) mass is 387 g/mol. The first kappa shape index (κ1) is 18.8. The van der Waals surface area contributed by atoms with Crippen LogP contribution in [-0.4, -0.2) is 31.6 Å². The van der Waals surface area contributed by atoms with Gasteiger partial charge in [0.25, 0.3) is 5.56 Å². The maximum absolute atomic E-state index is 12.7. The van der Waals surface area contributed by atoms with E-state index in [4.69, 9.17) is 11.6 Å². The summed E-state index contributed by atoms with van der Waals surface area (Å²) in [6.45, 7) is 3.89. The Morgan fingerprint density at radius 3 is 2.48 bits per heavy atom. The summed E-state index contributed by atoms with van der Waals surface area (Å²) < 4.78 is 2.26. The van der Waals surface area contributed by atoms with Gasteiger partial charge < -0.3 is 5.32 Å². The van der Waals surface area contributed by atoms with Gasteiger partial charge in [-0.05, 0) is 38.1 Å².